The number of anilines is 1. The third kappa shape index (κ3) is 2.05. The number of aromatic nitrogens is 2. The number of nitrogen functional groups attached to an aromatic ring is 1. The molecule has 80 valence electrons. The molecular formula is C9H11N3O2S. The highest BCUT2D eigenvalue weighted by atomic mass is 32.2. The molecule has 1 aromatic heterocycles. The first-order valence-corrected chi connectivity index (χ1v) is 5.44. The lowest BCUT2D eigenvalue weighted by Gasteiger charge is -2.12. The molecule has 15 heavy (non-hydrogen) atoms. The number of nitrogens with zero attached hydrogens (tertiary/aromatic N) is 2. The van der Waals surface area contributed by atoms with Crippen LogP contribution in [-0.4, -0.2) is 26.5 Å². The Morgan fingerprint density at radius 2 is 2.40 bits per heavy atom. The minimum atomic E-state index is -0.365. The summed E-state index contributed by atoms with van der Waals surface area (Å²) in [5.41, 5.74) is 5.03. The number of hydrogen-bond acceptors (Lipinski definition) is 5. The van der Waals surface area contributed by atoms with Gasteiger partial charge in [0.1, 0.15) is 11.2 Å². The Balaban J connectivity index is 2.25. The highest BCUT2D eigenvalue weighted by Gasteiger charge is 2.20. The van der Waals surface area contributed by atoms with Gasteiger partial charge in [-0.2, -0.15) is 4.98 Å². The zero-order chi connectivity index (χ0) is 10.8. The summed E-state index contributed by atoms with van der Waals surface area (Å²) in [6, 6.07) is 1.59. The topological polar surface area (TPSA) is 81.1 Å². The van der Waals surface area contributed by atoms with Gasteiger partial charge in [0.05, 0.1) is 6.61 Å². The summed E-state index contributed by atoms with van der Waals surface area (Å²) >= 11 is 1.50. The molecule has 0 aromatic carbocycles. The average molecular weight is 225 g/mol. The first-order valence-electron chi connectivity index (χ1n) is 4.50. The monoisotopic (exact) mass is 225 g/mol. The van der Waals surface area contributed by atoms with Crippen molar-refractivity contribution in [1.82, 2.24) is 9.55 Å². The van der Waals surface area contributed by atoms with Crippen LogP contribution in [0, 0.1) is 0 Å². The first-order chi connectivity index (χ1) is 7.20. The molecule has 0 saturated heterocycles. The minimum Gasteiger partial charge on any atom is -0.395 e. The van der Waals surface area contributed by atoms with Gasteiger partial charge in [0.2, 0.25) is 0 Å². The van der Waals surface area contributed by atoms with Crippen LogP contribution in [0.25, 0.3) is 0 Å². The van der Waals surface area contributed by atoms with E-state index in [-0.39, 0.29) is 28.7 Å². The highest BCUT2D eigenvalue weighted by molar-refractivity contribution is 8.00. The van der Waals surface area contributed by atoms with Gasteiger partial charge in [-0.1, -0.05) is 12.2 Å². The maximum Gasteiger partial charge on any atom is 0.350 e. The molecule has 3 N–H and O–H groups in total. The summed E-state index contributed by atoms with van der Waals surface area (Å²) in [5, 5.41) is 8.91. The van der Waals surface area contributed by atoms with E-state index in [0.717, 1.165) is 0 Å². The van der Waals surface area contributed by atoms with E-state index in [1.165, 1.54) is 16.3 Å². The van der Waals surface area contributed by atoms with Gasteiger partial charge in [-0.3, -0.25) is 4.57 Å². The predicted molar refractivity (Wildman–Crippen MR) is 59.6 cm³/mol. The smallest absolute Gasteiger partial charge is 0.350 e. The van der Waals surface area contributed by atoms with Crippen molar-refractivity contribution in [2.45, 2.75) is 10.6 Å². The van der Waals surface area contributed by atoms with Crippen molar-refractivity contribution in [3.8, 4) is 0 Å². The van der Waals surface area contributed by atoms with Gasteiger partial charge in [0, 0.05) is 11.4 Å². The lowest BCUT2D eigenvalue weighted by molar-refractivity contribution is 0.307. The van der Waals surface area contributed by atoms with E-state index in [0.29, 0.717) is 0 Å². The van der Waals surface area contributed by atoms with Crippen LogP contribution in [0.2, 0.25) is 0 Å². The second-order valence-electron chi connectivity index (χ2n) is 3.17. The molecule has 0 unspecified atom stereocenters. The molecule has 1 aliphatic rings. The maximum absolute atomic E-state index is 11.5. The Bertz CT molecular complexity index is 443. The normalized spacial score (nSPS) is 24.6. The van der Waals surface area contributed by atoms with Crippen LogP contribution in [0.1, 0.15) is 5.37 Å². The third-order valence-electron chi connectivity index (χ3n) is 2.11. The van der Waals surface area contributed by atoms with Crippen molar-refractivity contribution >= 4 is 17.6 Å². The Morgan fingerprint density at radius 3 is 3.00 bits per heavy atom. The van der Waals surface area contributed by atoms with Gasteiger partial charge in [-0.15, -0.1) is 11.8 Å². The van der Waals surface area contributed by atoms with Crippen LogP contribution in [0.4, 0.5) is 5.82 Å². The number of aliphatic hydroxyl groups is 1. The Kier molecular flexibility index (Phi) is 2.79. The van der Waals surface area contributed by atoms with Crippen molar-refractivity contribution < 1.29 is 5.11 Å². The SMILES string of the molecule is Nc1ccn([C@@H]2C=C[C@H](CO)S2)c(=O)n1. The fourth-order valence-corrected chi connectivity index (χ4v) is 2.47. The van der Waals surface area contributed by atoms with E-state index < -0.39 is 0 Å². The molecule has 2 atom stereocenters. The minimum absolute atomic E-state index is 0.0550. The fourth-order valence-electron chi connectivity index (χ4n) is 1.37. The molecule has 6 heteroatoms. The molecule has 0 bridgehead atoms. The van der Waals surface area contributed by atoms with Gasteiger partial charge >= 0.3 is 5.69 Å². The average Bonchev–Trinajstić information content (AvgIpc) is 2.66. The fraction of sp³-hybridized carbons (Fsp3) is 0.333. The van der Waals surface area contributed by atoms with Crippen LogP contribution in [-0.2, 0) is 0 Å². The summed E-state index contributed by atoms with van der Waals surface area (Å²) in [6.45, 7) is 0.0782. The van der Waals surface area contributed by atoms with E-state index >= 15 is 0 Å². The highest BCUT2D eigenvalue weighted by Crippen LogP contribution is 2.34. The van der Waals surface area contributed by atoms with Gasteiger partial charge in [-0.05, 0) is 6.07 Å². The number of aliphatic hydroxyl groups excluding tert-OH is 1. The number of thioether (sulfide) groups is 1. The van der Waals surface area contributed by atoms with Crippen LogP contribution < -0.4 is 11.4 Å². The quantitative estimate of drug-likeness (QED) is 0.692. The Labute approximate surface area is 90.6 Å². The zero-order valence-corrected chi connectivity index (χ0v) is 8.72. The maximum atomic E-state index is 11.5. The largest absolute Gasteiger partial charge is 0.395 e. The molecule has 5 nitrogen and oxygen atoms in total. The molecule has 0 amide bonds. The van der Waals surface area contributed by atoms with E-state index in [9.17, 15) is 4.79 Å². The third-order valence-corrected chi connectivity index (χ3v) is 3.43. The summed E-state index contributed by atoms with van der Waals surface area (Å²) in [5.74, 6) is 0.224. The number of nitrogens with two attached hydrogens (primary N) is 1. The van der Waals surface area contributed by atoms with Crippen molar-refractivity contribution in [2.24, 2.45) is 0 Å². The number of rotatable bonds is 2. The van der Waals surface area contributed by atoms with Gasteiger partial charge in [0.25, 0.3) is 0 Å². The molecule has 0 spiro atoms. The van der Waals surface area contributed by atoms with Crippen molar-refractivity contribution in [3.05, 3.63) is 34.9 Å². The van der Waals surface area contributed by atoms with Gasteiger partial charge < -0.3 is 10.8 Å². The first kappa shape index (κ1) is 10.3. The van der Waals surface area contributed by atoms with E-state index in [1.54, 1.807) is 12.3 Å². The molecule has 1 aromatic rings. The van der Waals surface area contributed by atoms with Crippen molar-refractivity contribution in [1.29, 1.82) is 0 Å². The predicted octanol–water partition coefficient (Wildman–Crippen LogP) is -0.0120. The molecule has 0 saturated carbocycles. The van der Waals surface area contributed by atoms with Crippen molar-refractivity contribution in [2.75, 3.05) is 12.3 Å². The Hall–Kier alpha value is -1.27. The zero-order valence-electron chi connectivity index (χ0n) is 7.91. The molecule has 2 rings (SSSR count). The van der Waals surface area contributed by atoms with E-state index in [2.05, 4.69) is 4.98 Å². The summed E-state index contributed by atoms with van der Waals surface area (Å²) in [6.07, 6.45) is 5.38. The molecule has 1 aliphatic heterocycles. The molecule has 0 fully saturated rings. The summed E-state index contributed by atoms with van der Waals surface area (Å²) in [7, 11) is 0. The van der Waals surface area contributed by atoms with Crippen molar-refractivity contribution in [3.63, 3.8) is 0 Å². The van der Waals surface area contributed by atoms with Gasteiger partial charge in [-0.25, -0.2) is 4.79 Å². The van der Waals surface area contributed by atoms with E-state index in [4.69, 9.17) is 10.8 Å². The summed E-state index contributed by atoms with van der Waals surface area (Å²) < 4.78 is 1.49. The molecule has 0 radical (unpaired) electrons. The van der Waals surface area contributed by atoms with Crippen LogP contribution >= 0.6 is 11.8 Å². The summed E-state index contributed by atoms with van der Waals surface area (Å²) in [4.78, 5) is 15.1. The molecule has 0 aliphatic carbocycles. The Morgan fingerprint density at radius 1 is 1.60 bits per heavy atom. The van der Waals surface area contributed by atoms with E-state index in [1.807, 2.05) is 12.2 Å². The molecular weight excluding hydrogens is 214 g/mol. The van der Waals surface area contributed by atoms with Crippen LogP contribution in [0.3, 0.4) is 0 Å². The lowest BCUT2D eigenvalue weighted by Crippen LogP contribution is -2.24. The molecule has 2 heterocycles. The lowest BCUT2D eigenvalue weighted by atomic mass is 10.4. The van der Waals surface area contributed by atoms with Crippen LogP contribution in [0.15, 0.2) is 29.2 Å². The van der Waals surface area contributed by atoms with Crippen LogP contribution in [0.5, 0.6) is 0 Å². The van der Waals surface area contributed by atoms with Gasteiger partial charge in [0.15, 0.2) is 0 Å². The number of hydrogen-bond donors (Lipinski definition) is 2. The standard InChI is InChI=1S/C9H11N3O2S/c10-7-3-4-12(9(14)11-7)8-2-1-6(5-13)15-8/h1-4,6,8,13H,5H2,(H2,10,11,14)/t6-,8+/m1/s1. The second kappa shape index (κ2) is 4.08. The second-order valence-corrected chi connectivity index (χ2v) is 4.54.